The van der Waals surface area contributed by atoms with E-state index >= 15 is 0 Å². The summed E-state index contributed by atoms with van der Waals surface area (Å²) in [5.41, 5.74) is 3.38. The molecule has 3 aliphatic rings. The highest BCUT2D eigenvalue weighted by molar-refractivity contribution is 5.97. The number of amides is 1. The van der Waals surface area contributed by atoms with E-state index in [1.165, 1.54) is 18.4 Å². The van der Waals surface area contributed by atoms with Crippen LogP contribution >= 0.6 is 0 Å². The van der Waals surface area contributed by atoms with Crippen molar-refractivity contribution in [3.63, 3.8) is 0 Å². The maximum Gasteiger partial charge on any atom is 0.250 e. The lowest BCUT2D eigenvalue weighted by Gasteiger charge is -2.46. The van der Waals surface area contributed by atoms with Crippen LogP contribution in [0, 0.1) is 0 Å². The van der Waals surface area contributed by atoms with Gasteiger partial charge in [0.15, 0.2) is 11.5 Å². The molecule has 3 heterocycles. The Balaban J connectivity index is 1.79. The number of rotatable bonds is 2. The zero-order chi connectivity index (χ0) is 16.7. The Bertz CT molecular complexity index is 698. The second-order valence-electron chi connectivity index (χ2n) is 6.70. The first-order valence-corrected chi connectivity index (χ1v) is 8.77. The lowest BCUT2D eigenvalue weighted by molar-refractivity contribution is -0.132. The standard InChI is InChI=1S/C19H24N2O3/c1-23-16-10-13-7-9-20-15(14(13)11-17(16)24-2)12-19(22)21-8-5-3-4-6-18(20)21/h10-12,18H,3-9H2,1-2H3. The van der Waals surface area contributed by atoms with Gasteiger partial charge in [0.05, 0.1) is 19.9 Å². The highest BCUT2D eigenvalue weighted by Crippen LogP contribution is 2.41. The maximum atomic E-state index is 12.7. The number of carbonyl (C=O) groups excluding carboxylic acids is 1. The lowest BCUT2D eigenvalue weighted by atomic mass is 9.93. The maximum absolute atomic E-state index is 12.7. The van der Waals surface area contributed by atoms with Crippen molar-refractivity contribution in [2.75, 3.05) is 27.3 Å². The fraction of sp³-hybridized carbons (Fsp3) is 0.526. The molecular formula is C19H24N2O3. The molecule has 5 heteroatoms. The van der Waals surface area contributed by atoms with Crippen LogP contribution in [-0.2, 0) is 11.2 Å². The van der Waals surface area contributed by atoms with E-state index in [0.717, 1.165) is 55.1 Å². The van der Waals surface area contributed by atoms with E-state index in [0.29, 0.717) is 0 Å². The molecular weight excluding hydrogens is 304 g/mol. The van der Waals surface area contributed by atoms with Crippen LogP contribution < -0.4 is 9.47 Å². The van der Waals surface area contributed by atoms with Crippen LogP contribution in [0.1, 0.15) is 36.8 Å². The highest BCUT2D eigenvalue weighted by Gasteiger charge is 2.38. The molecule has 1 atom stereocenters. The Morgan fingerprint density at radius 3 is 2.58 bits per heavy atom. The molecule has 1 aromatic carbocycles. The molecule has 0 N–H and O–H groups in total. The smallest absolute Gasteiger partial charge is 0.250 e. The molecule has 0 bridgehead atoms. The SMILES string of the molecule is COc1cc2c(cc1OC)C1=CC(=O)N3CCCCCC3N1CC2. The number of carbonyl (C=O) groups is 1. The topological polar surface area (TPSA) is 42.0 Å². The van der Waals surface area contributed by atoms with Gasteiger partial charge in [-0.3, -0.25) is 4.79 Å². The normalized spacial score (nSPS) is 22.8. The van der Waals surface area contributed by atoms with Gasteiger partial charge in [0.25, 0.3) is 0 Å². The molecule has 0 saturated carbocycles. The monoisotopic (exact) mass is 328 g/mol. The summed E-state index contributed by atoms with van der Waals surface area (Å²) < 4.78 is 10.9. The molecule has 1 amide bonds. The number of methoxy groups -OCH3 is 2. The second kappa shape index (κ2) is 6.04. The van der Waals surface area contributed by atoms with Crippen molar-refractivity contribution in [1.82, 2.24) is 9.80 Å². The van der Waals surface area contributed by atoms with Gasteiger partial charge in [-0.1, -0.05) is 6.42 Å². The van der Waals surface area contributed by atoms with Gasteiger partial charge in [0.2, 0.25) is 5.91 Å². The molecule has 5 nitrogen and oxygen atoms in total. The van der Waals surface area contributed by atoms with Crippen LogP contribution in [-0.4, -0.2) is 49.2 Å². The van der Waals surface area contributed by atoms with E-state index in [1.807, 2.05) is 12.1 Å². The molecule has 0 radical (unpaired) electrons. The van der Waals surface area contributed by atoms with Crippen molar-refractivity contribution in [3.05, 3.63) is 29.3 Å². The van der Waals surface area contributed by atoms with Gasteiger partial charge in [-0.25, -0.2) is 0 Å². The molecule has 1 saturated heterocycles. The first-order chi connectivity index (χ1) is 11.7. The van der Waals surface area contributed by atoms with Crippen molar-refractivity contribution in [2.45, 2.75) is 38.3 Å². The van der Waals surface area contributed by atoms with E-state index in [1.54, 1.807) is 14.2 Å². The molecule has 24 heavy (non-hydrogen) atoms. The Kier molecular flexibility index (Phi) is 3.87. The van der Waals surface area contributed by atoms with Gasteiger partial charge in [0, 0.05) is 24.7 Å². The number of ether oxygens (including phenoxy) is 2. The van der Waals surface area contributed by atoms with Gasteiger partial charge in [-0.15, -0.1) is 0 Å². The lowest BCUT2D eigenvalue weighted by Crippen LogP contribution is -2.54. The first-order valence-electron chi connectivity index (χ1n) is 8.77. The number of fused-ring (bicyclic) bond motifs is 5. The fourth-order valence-corrected chi connectivity index (χ4v) is 4.22. The summed E-state index contributed by atoms with van der Waals surface area (Å²) in [6.07, 6.45) is 7.56. The first kappa shape index (κ1) is 15.4. The van der Waals surface area contributed by atoms with Crippen molar-refractivity contribution >= 4 is 11.6 Å². The van der Waals surface area contributed by atoms with Crippen molar-refractivity contribution < 1.29 is 14.3 Å². The molecule has 128 valence electrons. The average Bonchev–Trinajstić information content (AvgIpc) is 2.87. The molecule has 0 aliphatic carbocycles. The molecule has 3 aliphatic heterocycles. The fourth-order valence-electron chi connectivity index (χ4n) is 4.22. The largest absolute Gasteiger partial charge is 0.493 e. The van der Waals surface area contributed by atoms with Gasteiger partial charge in [0.1, 0.15) is 6.17 Å². The minimum absolute atomic E-state index is 0.149. The summed E-state index contributed by atoms with van der Waals surface area (Å²) in [5.74, 6) is 1.62. The van der Waals surface area contributed by atoms with Crippen LogP contribution in [0.3, 0.4) is 0 Å². The highest BCUT2D eigenvalue weighted by atomic mass is 16.5. The summed E-state index contributed by atoms with van der Waals surface area (Å²) in [7, 11) is 3.31. The molecule has 4 rings (SSSR count). The van der Waals surface area contributed by atoms with E-state index in [9.17, 15) is 4.79 Å². The van der Waals surface area contributed by atoms with Crippen molar-refractivity contribution in [3.8, 4) is 11.5 Å². The predicted octanol–water partition coefficient (Wildman–Crippen LogP) is 2.65. The Labute approximate surface area is 142 Å². The zero-order valence-corrected chi connectivity index (χ0v) is 14.4. The van der Waals surface area contributed by atoms with E-state index < -0.39 is 0 Å². The zero-order valence-electron chi connectivity index (χ0n) is 14.4. The molecule has 0 aromatic heterocycles. The van der Waals surface area contributed by atoms with Gasteiger partial charge >= 0.3 is 0 Å². The van der Waals surface area contributed by atoms with E-state index in [-0.39, 0.29) is 12.1 Å². The third-order valence-corrected chi connectivity index (χ3v) is 5.44. The quantitative estimate of drug-likeness (QED) is 0.837. The number of hydrogen-bond acceptors (Lipinski definition) is 4. The minimum atomic E-state index is 0.149. The van der Waals surface area contributed by atoms with Crippen LogP contribution in [0.5, 0.6) is 11.5 Å². The molecule has 0 spiro atoms. The van der Waals surface area contributed by atoms with Gasteiger partial charge in [-0.2, -0.15) is 0 Å². The third kappa shape index (κ3) is 2.34. The molecule has 1 fully saturated rings. The van der Waals surface area contributed by atoms with Crippen molar-refractivity contribution in [2.24, 2.45) is 0 Å². The summed E-state index contributed by atoms with van der Waals surface area (Å²) in [5, 5.41) is 0. The number of hydrogen-bond donors (Lipinski definition) is 0. The molecule has 1 unspecified atom stereocenters. The Hall–Kier alpha value is -2.17. The Morgan fingerprint density at radius 1 is 1.00 bits per heavy atom. The Morgan fingerprint density at radius 2 is 1.79 bits per heavy atom. The van der Waals surface area contributed by atoms with Crippen molar-refractivity contribution in [1.29, 1.82) is 0 Å². The van der Waals surface area contributed by atoms with Crippen LogP contribution in [0.25, 0.3) is 5.70 Å². The summed E-state index contributed by atoms with van der Waals surface area (Å²) in [4.78, 5) is 17.2. The summed E-state index contributed by atoms with van der Waals surface area (Å²) >= 11 is 0. The van der Waals surface area contributed by atoms with Crippen LogP contribution in [0.2, 0.25) is 0 Å². The van der Waals surface area contributed by atoms with E-state index in [4.69, 9.17) is 9.47 Å². The van der Waals surface area contributed by atoms with Crippen LogP contribution in [0.4, 0.5) is 0 Å². The third-order valence-electron chi connectivity index (χ3n) is 5.44. The average molecular weight is 328 g/mol. The van der Waals surface area contributed by atoms with Gasteiger partial charge in [-0.05, 0) is 43.4 Å². The summed E-state index contributed by atoms with van der Waals surface area (Å²) in [6, 6.07) is 4.07. The van der Waals surface area contributed by atoms with Crippen LogP contribution in [0.15, 0.2) is 18.2 Å². The predicted molar refractivity (Wildman–Crippen MR) is 91.9 cm³/mol. The second-order valence-corrected chi connectivity index (χ2v) is 6.70. The van der Waals surface area contributed by atoms with E-state index in [2.05, 4.69) is 15.9 Å². The number of benzene rings is 1. The van der Waals surface area contributed by atoms with Gasteiger partial charge < -0.3 is 19.3 Å². The minimum Gasteiger partial charge on any atom is -0.493 e. The molecule has 1 aromatic rings. The summed E-state index contributed by atoms with van der Waals surface area (Å²) in [6.45, 7) is 1.82. The number of nitrogens with zero attached hydrogens (tertiary/aromatic N) is 2.